The number of rotatable bonds is 7. The van der Waals surface area contributed by atoms with Crippen molar-refractivity contribution in [3.63, 3.8) is 0 Å². The van der Waals surface area contributed by atoms with Crippen molar-refractivity contribution in [3.05, 3.63) is 34.3 Å². The number of nitrogens with zero attached hydrogens (tertiary/aromatic N) is 2. The molecule has 1 aromatic rings. The Hall–Kier alpha value is -2.68. The summed E-state index contributed by atoms with van der Waals surface area (Å²) in [6.07, 6.45) is 6.35. The first kappa shape index (κ1) is 19.6. The van der Waals surface area contributed by atoms with E-state index in [9.17, 15) is 14.4 Å². The number of amides is 2. The molecule has 4 atom stereocenters. The number of ether oxygens (including phenoxy) is 2. The fourth-order valence-corrected chi connectivity index (χ4v) is 4.90. The molecule has 1 heterocycles. The van der Waals surface area contributed by atoms with E-state index in [-0.39, 0.29) is 41.2 Å². The number of aliphatic carboxylic acids is 1. The smallest absolute Gasteiger partial charge is 0.341 e. The molecule has 0 radical (unpaired) electrons. The molecule has 8 nitrogen and oxygen atoms in total. The number of allylic oxidation sites excluding steroid dienone is 2. The van der Waals surface area contributed by atoms with Crippen LogP contribution in [0.25, 0.3) is 0 Å². The number of carbonyl (C=O) groups is 3. The average molecular weight is 463 g/mol. The van der Waals surface area contributed by atoms with Gasteiger partial charge in [-0.3, -0.25) is 9.59 Å². The summed E-state index contributed by atoms with van der Waals surface area (Å²) in [5.41, 5.74) is 0.571. The Morgan fingerprint density at radius 3 is 2.48 bits per heavy atom. The quantitative estimate of drug-likeness (QED) is 0.379. The maximum atomic E-state index is 12.7. The summed E-state index contributed by atoms with van der Waals surface area (Å²) in [6, 6.07) is 3.27. The molecule has 0 spiro atoms. The van der Waals surface area contributed by atoms with Crippen molar-refractivity contribution >= 4 is 39.9 Å². The van der Waals surface area contributed by atoms with E-state index in [1.165, 1.54) is 6.21 Å². The fourth-order valence-electron chi connectivity index (χ4n) is 4.32. The van der Waals surface area contributed by atoms with Crippen molar-refractivity contribution in [1.29, 1.82) is 0 Å². The Labute approximate surface area is 175 Å². The van der Waals surface area contributed by atoms with Crippen LogP contribution >= 0.6 is 15.9 Å². The van der Waals surface area contributed by atoms with E-state index in [0.29, 0.717) is 22.4 Å². The number of hydrogen-bond acceptors (Lipinski definition) is 6. The highest BCUT2D eigenvalue weighted by atomic mass is 79.9. The molecule has 4 rings (SSSR count). The van der Waals surface area contributed by atoms with Gasteiger partial charge in [0, 0.05) is 0 Å². The van der Waals surface area contributed by atoms with Crippen LogP contribution in [-0.2, 0) is 14.4 Å². The van der Waals surface area contributed by atoms with Gasteiger partial charge in [0.1, 0.15) is 0 Å². The van der Waals surface area contributed by atoms with E-state index < -0.39 is 12.6 Å². The number of carboxylic acid groups (broad SMARTS) is 1. The number of carbonyl (C=O) groups excluding carboxylic acids is 2. The first-order valence-corrected chi connectivity index (χ1v) is 10.1. The van der Waals surface area contributed by atoms with Gasteiger partial charge in [-0.1, -0.05) is 12.2 Å². The number of fused-ring (bicyclic) bond motifs is 5. The molecule has 1 N–H and O–H groups in total. The average Bonchev–Trinajstić information content (AvgIpc) is 3.34. The predicted octanol–water partition coefficient (Wildman–Crippen LogP) is 2.45. The topological polar surface area (TPSA) is 106 Å². The third kappa shape index (κ3) is 3.43. The van der Waals surface area contributed by atoms with Crippen molar-refractivity contribution in [2.45, 2.75) is 13.3 Å². The Balaban J connectivity index is 1.56. The van der Waals surface area contributed by atoms with E-state index in [2.05, 4.69) is 21.0 Å². The van der Waals surface area contributed by atoms with Gasteiger partial charge in [-0.05, 0) is 58.8 Å². The van der Waals surface area contributed by atoms with Crippen LogP contribution in [-0.4, -0.2) is 47.3 Å². The molecule has 9 heteroatoms. The van der Waals surface area contributed by atoms with Crippen molar-refractivity contribution in [1.82, 2.24) is 5.01 Å². The lowest BCUT2D eigenvalue weighted by molar-refractivity contribution is -0.141. The second-order valence-electron chi connectivity index (χ2n) is 7.18. The maximum absolute atomic E-state index is 12.7. The molecule has 2 fully saturated rings. The summed E-state index contributed by atoms with van der Waals surface area (Å²) in [4.78, 5) is 36.2. The zero-order chi connectivity index (χ0) is 20.7. The number of carboxylic acids is 1. The lowest BCUT2D eigenvalue weighted by atomic mass is 9.85. The first-order chi connectivity index (χ1) is 13.9. The molecule has 1 saturated carbocycles. The summed E-state index contributed by atoms with van der Waals surface area (Å²) >= 11 is 3.34. The summed E-state index contributed by atoms with van der Waals surface area (Å²) in [5, 5.41) is 14.0. The van der Waals surface area contributed by atoms with Gasteiger partial charge in [0.05, 0.1) is 29.1 Å². The number of hydrogen-bond donors (Lipinski definition) is 1. The van der Waals surface area contributed by atoms with Gasteiger partial charge in [0.2, 0.25) is 0 Å². The van der Waals surface area contributed by atoms with Gasteiger partial charge < -0.3 is 14.6 Å². The van der Waals surface area contributed by atoms with Crippen molar-refractivity contribution in [3.8, 4) is 11.5 Å². The van der Waals surface area contributed by atoms with Gasteiger partial charge >= 0.3 is 5.97 Å². The molecule has 2 aliphatic carbocycles. The highest BCUT2D eigenvalue weighted by Crippen LogP contribution is 2.52. The molecule has 29 heavy (non-hydrogen) atoms. The van der Waals surface area contributed by atoms with Gasteiger partial charge in [-0.2, -0.15) is 10.1 Å². The minimum absolute atomic E-state index is 0.131. The Morgan fingerprint density at radius 1 is 1.24 bits per heavy atom. The molecule has 4 unspecified atom stereocenters. The lowest BCUT2D eigenvalue weighted by Crippen LogP contribution is -2.28. The monoisotopic (exact) mass is 462 g/mol. The summed E-state index contributed by atoms with van der Waals surface area (Å²) in [6.45, 7) is 1.62. The van der Waals surface area contributed by atoms with Gasteiger partial charge in [-0.15, -0.1) is 0 Å². The van der Waals surface area contributed by atoms with E-state index in [0.717, 1.165) is 11.4 Å². The third-order valence-electron chi connectivity index (χ3n) is 5.44. The van der Waals surface area contributed by atoms with Gasteiger partial charge in [-0.25, -0.2) is 4.79 Å². The molecule has 3 aliphatic rings. The molecule has 1 aliphatic heterocycles. The fraction of sp³-hybridized carbons (Fsp3) is 0.400. The van der Waals surface area contributed by atoms with Crippen LogP contribution < -0.4 is 9.47 Å². The minimum Gasteiger partial charge on any atom is -0.490 e. The van der Waals surface area contributed by atoms with Crippen molar-refractivity contribution in [2.24, 2.45) is 28.8 Å². The van der Waals surface area contributed by atoms with Crippen molar-refractivity contribution in [2.75, 3.05) is 13.2 Å². The van der Waals surface area contributed by atoms with Crippen LogP contribution in [0, 0.1) is 23.7 Å². The molecule has 0 aromatic heterocycles. The van der Waals surface area contributed by atoms with E-state index in [1.54, 1.807) is 19.1 Å². The summed E-state index contributed by atoms with van der Waals surface area (Å²) in [7, 11) is 0. The van der Waals surface area contributed by atoms with Crippen LogP contribution in [0.2, 0.25) is 0 Å². The number of benzene rings is 1. The normalized spacial score (nSPS) is 27.2. The molecule has 2 bridgehead atoms. The third-order valence-corrected chi connectivity index (χ3v) is 6.03. The molecule has 1 aromatic carbocycles. The molecule has 1 saturated heterocycles. The number of hydrazone groups is 1. The van der Waals surface area contributed by atoms with Crippen LogP contribution in [0.15, 0.2) is 33.9 Å². The Bertz CT molecular complexity index is 913. The Morgan fingerprint density at radius 2 is 1.90 bits per heavy atom. The Kier molecular flexibility index (Phi) is 5.16. The van der Waals surface area contributed by atoms with Crippen LogP contribution in [0.4, 0.5) is 0 Å². The standard InChI is InChI=1S/C20H19BrN2O6/c1-2-28-14-6-10(5-13(21)18(14)29-9-15(24)25)8-22-23-19(26)16-11-3-4-12(7-11)17(16)20(23)27/h3-6,8,11-12,16-17H,2,7,9H2,1H3,(H,24,25). The maximum Gasteiger partial charge on any atom is 0.341 e. The molecular weight excluding hydrogens is 444 g/mol. The zero-order valence-corrected chi connectivity index (χ0v) is 17.2. The first-order valence-electron chi connectivity index (χ1n) is 9.31. The van der Waals surface area contributed by atoms with E-state index in [1.807, 2.05) is 12.2 Å². The van der Waals surface area contributed by atoms with E-state index >= 15 is 0 Å². The highest BCUT2D eigenvalue weighted by molar-refractivity contribution is 9.10. The SMILES string of the molecule is CCOc1cc(C=NN2C(=O)C3C4C=CC(C4)C3C2=O)cc(Br)c1OCC(=O)O. The van der Waals surface area contributed by atoms with Gasteiger partial charge in [0.15, 0.2) is 18.1 Å². The zero-order valence-electron chi connectivity index (χ0n) is 15.6. The predicted molar refractivity (Wildman–Crippen MR) is 106 cm³/mol. The minimum atomic E-state index is -1.11. The summed E-state index contributed by atoms with van der Waals surface area (Å²) in [5.74, 6) is -1.35. The molecule has 152 valence electrons. The summed E-state index contributed by atoms with van der Waals surface area (Å²) < 4.78 is 11.3. The highest BCUT2D eigenvalue weighted by Gasteiger charge is 2.59. The van der Waals surface area contributed by atoms with E-state index in [4.69, 9.17) is 14.6 Å². The molecule has 2 amide bonds. The second kappa shape index (κ2) is 7.62. The molecular formula is C20H19BrN2O6. The van der Waals surface area contributed by atoms with Crippen LogP contribution in [0.1, 0.15) is 18.9 Å². The van der Waals surface area contributed by atoms with Crippen molar-refractivity contribution < 1.29 is 29.0 Å². The second-order valence-corrected chi connectivity index (χ2v) is 8.03. The van der Waals surface area contributed by atoms with Crippen LogP contribution in [0.5, 0.6) is 11.5 Å². The van der Waals surface area contributed by atoms with Gasteiger partial charge in [0.25, 0.3) is 11.8 Å². The van der Waals surface area contributed by atoms with Crippen LogP contribution in [0.3, 0.4) is 0 Å². The number of halogens is 1. The number of imide groups is 1. The largest absolute Gasteiger partial charge is 0.490 e. The lowest BCUT2D eigenvalue weighted by Gasteiger charge is -2.14.